The van der Waals surface area contributed by atoms with Crippen molar-refractivity contribution in [1.29, 1.82) is 0 Å². The Labute approximate surface area is 123 Å². The lowest BCUT2D eigenvalue weighted by atomic mass is 10.2. The molecule has 1 saturated heterocycles. The van der Waals surface area contributed by atoms with Crippen molar-refractivity contribution in [2.24, 2.45) is 0 Å². The number of carboxylic acid groups (broad SMARTS) is 1. The maximum absolute atomic E-state index is 12.6. The molecule has 2 N–H and O–H groups in total. The van der Waals surface area contributed by atoms with E-state index in [9.17, 15) is 19.8 Å². The van der Waals surface area contributed by atoms with E-state index in [1.165, 1.54) is 9.80 Å². The Bertz CT molecular complexity index is 529. The number of hydrogen-bond donors (Lipinski definition) is 2. The Morgan fingerprint density at radius 1 is 1.33 bits per heavy atom. The number of rotatable bonds is 3. The molecular formula is C15H20N2O4. The van der Waals surface area contributed by atoms with E-state index in [1.807, 2.05) is 38.1 Å². The van der Waals surface area contributed by atoms with E-state index in [2.05, 4.69) is 0 Å². The molecule has 1 aliphatic rings. The van der Waals surface area contributed by atoms with Crippen LogP contribution in [-0.2, 0) is 4.79 Å². The molecule has 1 aromatic carbocycles. The fourth-order valence-corrected chi connectivity index (χ4v) is 2.57. The number of carbonyl (C=O) groups is 2. The summed E-state index contributed by atoms with van der Waals surface area (Å²) in [6.45, 7) is 4.28. The number of aliphatic carboxylic acids is 1. The van der Waals surface area contributed by atoms with Crippen LogP contribution in [0.5, 0.6) is 0 Å². The second-order valence-corrected chi connectivity index (χ2v) is 5.26. The van der Waals surface area contributed by atoms with Crippen LogP contribution in [0.2, 0.25) is 0 Å². The molecule has 2 rings (SSSR count). The minimum Gasteiger partial charge on any atom is -0.480 e. The number of β-amino-alcohol motifs (C(OH)–C–C–N with tert-alkyl or cyclic N) is 1. The van der Waals surface area contributed by atoms with Crippen LogP contribution in [0.15, 0.2) is 24.3 Å². The lowest BCUT2D eigenvalue weighted by Gasteiger charge is -2.29. The van der Waals surface area contributed by atoms with Gasteiger partial charge >= 0.3 is 12.0 Å². The predicted molar refractivity (Wildman–Crippen MR) is 78.3 cm³/mol. The monoisotopic (exact) mass is 292 g/mol. The SMILES string of the molecule is CCN(C(=O)N1C[C@@H](O)C[C@H]1C(=O)O)c1ccc(C)cc1. The van der Waals surface area contributed by atoms with Crippen molar-refractivity contribution in [1.82, 2.24) is 4.90 Å². The van der Waals surface area contributed by atoms with E-state index in [-0.39, 0.29) is 19.0 Å². The number of aliphatic hydroxyl groups excluding tert-OH is 1. The highest BCUT2D eigenvalue weighted by molar-refractivity contribution is 5.94. The van der Waals surface area contributed by atoms with Crippen LogP contribution in [-0.4, -0.2) is 52.3 Å². The highest BCUT2D eigenvalue weighted by atomic mass is 16.4. The van der Waals surface area contributed by atoms with Crippen LogP contribution < -0.4 is 4.90 Å². The standard InChI is InChI=1S/C15H20N2O4/c1-3-16(11-6-4-10(2)5-7-11)15(21)17-9-12(18)8-13(17)14(19)20/h4-7,12-13,18H,3,8-9H2,1-2H3,(H,19,20)/t12-,13-/m0/s1. The lowest BCUT2D eigenvalue weighted by Crippen LogP contribution is -2.48. The van der Waals surface area contributed by atoms with E-state index in [0.29, 0.717) is 6.54 Å². The first-order chi connectivity index (χ1) is 9.93. The molecule has 0 bridgehead atoms. The van der Waals surface area contributed by atoms with Gasteiger partial charge in [0.05, 0.1) is 6.10 Å². The van der Waals surface area contributed by atoms with Crippen LogP contribution in [0.4, 0.5) is 10.5 Å². The maximum Gasteiger partial charge on any atom is 0.326 e. The number of aliphatic hydroxyl groups is 1. The third-order valence-corrected chi connectivity index (χ3v) is 3.70. The Morgan fingerprint density at radius 2 is 1.95 bits per heavy atom. The first kappa shape index (κ1) is 15.3. The molecule has 114 valence electrons. The van der Waals surface area contributed by atoms with Gasteiger partial charge in [0.1, 0.15) is 6.04 Å². The molecule has 2 atom stereocenters. The van der Waals surface area contributed by atoms with Gasteiger partial charge in [-0.2, -0.15) is 0 Å². The first-order valence-corrected chi connectivity index (χ1v) is 6.99. The van der Waals surface area contributed by atoms with Crippen molar-refractivity contribution in [2.45, 2.75) is 32.4 Å². The zero-order valence-corrected chi connectivity index (χ0v) is 12.2. The van der Waals surface area contributed by atoms with Crippen LogP contribution in [0.25, 0.3) is 0 Å². The van der Waals surface area contributed by atoms with Crippen LogP contribution in [0.3, 0.4) is 0 Å². The molecular weight excluding hydrogens is 272 g/mol. The number of amides is 2. The molecule has 2 amide bonds. The fourth-order valence-electron chi connectivity index (χ4n) is 2.57. The molecule has 0 spiro atoms. The van der Waals surface area contributed by atoms with Crippen LogP contribution >= 0.6 is 0 Å². The summed E-state index contributed by atoms with van der Waals surface area (Å²) in [7, 11) is 0. The summed E-state index contributed by atoms with van der Waals surface area (Å²) in [5.74, 6) is -1.08. The molecule has 0 aliphatic carbocycles. The number of carbonyl (C=O) groups excluding carboxylic acids is 1. The van der Waals surface area contributed by atoms with Gasteiger partial charge in [-0.05, 0) is 26.0 Å². The number of urea groups is 1. The minimum absolute atomic E-state index is 0.0537. The van der Waals surface area contributed by atoms with E-state index in [0.717, 1.165) is 11.3 Å². The van der Waals surface area contributed by atoms with Gasteiger partial charge in [0.25, 0.3) is 0 Å². The van der Waals surface area contributed by atoms with Gasteiger partial charge in [0.2, 0.25) is 0 Å². The summed E-state index contributed by atoms with van der Waals surface area (Å²) in [5.41, 5.74) is 1.81. The number of benzene rings is 1. The van der Waals surface area contributed by atoms with Gasteiger partial charge in [0.15, 0.2) is 0 Å². The topological polar surface area (TPSA) is 81.1 Å². The summed E-state index contributed by atoms with van der Waals surface area (Å²) in [5, 5.41) is 18.8. The Balaban J connectivity index is 2.23. The normalized spacial score (nSPS) is 21.4. The van der Waals surface area contributed by atoms with Gasteiger partial charge in [-0.15, -0.1) is 0 Å². The van der Waals surface area contributed by atoms with Crippen molar-refractivity contribution >= 4 is 17.7 Å². The Hall–Kier alpha value is -2.08. The summed E-state index contributed by atoms with van der Waals surface area (Å²) in [6, 6.07) is 6.12. The number of carboxylic acids is 1. The van der Waals surface area contributed by atoms with Crippen molar-refractivity contribution in [2.75, 3.05) is 18.0 Å². The van der Waals surface area contributed by atoms with Crippen molar-refractivity contribution in [3.8, 4) is 0 Å². The molecule has 0 unspecified atom stereocenters. The molecule has 1 aliphatic heterocycles. The first-order valence-electron chi connectivity index (χ1n) is 6.99. The van der Waals surface area contributed by atoms with Gasteiger partial charge in [-0.25, -0.2) is 9.59 Å². The summed E-state index contributed by atoms with van der Waals surface area (Å²) < 4.78 is 0. The number of anilines is 1. The zero-order valence-electron chi connectivity index (χ0n) is 12.2. The minimum atomic E-state index is -1.08. The third-order valence-electron chi connectivity index (χ3n) is 3.70. The number of aryl methyl sites for hydroxylation is 1. The summed E-state index contributed by atoms with van der Waals surface area (Å²) in [4.78, 5) is 26.6. The van der Waals surface area contributed by atoms with Gasteiger partial charge in [0, 0.05) is 25.2 Å². The zero-order chi connectivity index (χ0) is 15.6. The molecule has 6 nitrogen and oxygen atoms in total. The van der Waals surface area contributed by atoms with Crippen molar-refractivity contribution in [3.05, 3.63) is 29.8 Å². The molecule has 1 fully saturated rings. The van der Waals surface area contributed by atoms with Gasteiger partial charge in [-0.3, -0.25) is 4.90 Å². The average molecular weight is 292 g/mol. The van der Waals surface area contributed by atoms with Crippen LogP contribution in [0, 0.1) is 6.92 Å². The Kier molecular flexibility index (Phi) is 4.47. The maximum atomic E-state index is 12.6. The van der Waals surface area contributed by atoms with Crippen LogP contribution in [0.1, 0.15) is 18.9 Å². The Morgan fingerprint density at radius 3 is 2.48 bits per heavy atom. The smallest absolute Gasteiger partial charge is 0.326 e. The second-order valence-electron chi connectivity index (χ2n) is 5.26. The highest BCUT2D eigenvalue weighted by Crippen LogP contribution is 2.23. The number of nitrogens with zero attached hydrogens (tertiary/aromatic N) is 2. The van der Waals surface area contributed by atoms with E-state index >= 15 is 0 Å². The van der Waals surface area contributed by atoms with Crippen molar-refractivity contribution < 1.29 is 19.8 Å². The molecule has 21 heavy (non-hydrogen) atoms. The molecule has 0 saturated carbocycles. The molecule has 1 aromatic rings. The van der Waals surface area contributed by atoms with Gasteiger partial charge in [-0.1, -0.05) is 17.7 Å². The summed E-state index contributed by atoms with van der Waals surface area (Å²) >= 11 is 0. The van der Waals surface area contributed by atoms with Gasteiger partial charge < -0.3 is 15.1 Å². The quantitative estimate of drug-likeness (QED) is 0.883. The van der Waals surface area contributed by atoms with E-state index in [1.54, 1.807) is 0 Å². The van der Waals surface area contributed by atoms with E-state index < -0.39 is 18.1 Å². The number of hydrogen-bond acceptors (Lipinski definition) is 3. The second kappa shape index (κ2) is 6.13. The molecule has 0 aromatic heterocycles. The molecule has 0 radical (unpaired) electrons. The molecule has 1 heterocycles. The van der Waals surface area contributed by atoms with E-state index in [4.69, 9.17) is 0 Å². The molecule has 6 heteroatoms. The highest BCUT2D eigenvalue weighted by Gasteiger charge is 2.40. The largest absolute Gasteiger partial charge is 0.480 e. The fraction of sp³-hybridized carbons (Fsp3) is 0.467. The predicted octanol–water partition coefficient (Wildman–Crippen LogP) is 1.46. The average Bonchev–Trinajstić information content (AvgIpc) is 2.84. The summed E-state index contributed by atoms with van der Waals surface area (Å²) in [6.07, 6.45) is -0.709. The third kappa shape index (κ3) is 3.16. The lowest BCUT2D eigenvalue weighted by molar-refractivity contribution is -0.141. The number of likely N-dealkylation sites (tertiary alicyclic amines) is 1. The van der Waals surface area contributed by atoms with Crippen molar-refractivity contribution in [3.63, 3.8) is 0 Å².